The van der Waals surface area contributed by atoms with Crippen molar-refractivity contribution in [2.24, 2.45) is 0 Å². The van der Waals surface area contributed by atoms with E-state index in [-0.39, 0.29) is 29.2 Å². The number of aromatic nitrogens is 2. The topological polar surface area (TPSA) is 124 Å². The summed E-state index contributed by atoms with van der Waals surface area (Å²) >= 11 is 0. The summed E-state index contributed by atoms with van der Waals surface area (Å²) in [5, 5.41) is 14.7. The van der Waals surface area contributed by atoms with E-state index in [9.17, 15) is 23.3 Å². The lowest BCUT2D eigenvalue weighted by molar-refractivity contribution is -0.385. The van der Waals surface area contributed by atoms with Crippen molar-refractivity contribution in [3.05, 3.63) is 62.6 Å². The van der Waals surface area contributed by atoms with Gasteiger partial charge >= 0.3 is 0 Å². The highest BCUT2D eigenvalue weighted by atomic mass is 32.2. The Morgan fingerprint density at radius 2 is 2.08 bits per heavy atom. The molecule has 1 aromatic carbocycles. The van der Waals surface area contributed by atoms with E-state index >= 15 is 0 Å². The summed E-state index contributed by atoms with van der Waals surface area (Å²) in [5.74, 6) is 0. The minimum Gasteiger partial charge on any atom is -0.268 e. The summed E-state index contributed by atoms with van der Waals surface area (Å²) in [5.41, 5.74) is -0.148. The van der Waals surface area contributed by atoms with Crippen molar-refractivity contribution < 1.29 is 13.3 Å². The van der Waals surface area contributed by atoms with Crippen molar-refractivity contribution in [3.63, 3.8) is 0 Å². The number of nitrogens with one attached hydrogen (secondary N) is 1. The van der Waals surface area contributed by atoms with Gasteiger partial charge in [0, 0.05) is 37.5 Å². The van der Waals surface area contributed by atoms with Gasteiger partial charge in [0.25, 0.3) is 11.2 Å². The average molecular weight is 352 g/mol. The number of non-ortho nitro benzene ring substituents is 1. The lowest BCUT2D eigenvalue weighted by atomic mass is 10.2. The van der Waals surface area contributed by atoms with Gasteiger partial charge in [0.1, 0.15) is 0 Å². The van der Waals surface area contributed by atoms with E-state index in [2.05, 4.69) is 9.82 Å². The van der Waals surface area contributed by atoms with Gasteiger partial charge < -0.3 is 0 Å². The predicted molar refractivity (Wildman–Crippen MR) is 86.1 cm³/mol. The molecular formula is C14H16N4O5S. The van der Waals surface area contributed by atoms with Gasteiger partial charge in [-0.1, -0.05) is 6.07 Å². The van der Waals surface area contributed by atoms with Crippen LogP contribution in [0.4, 0.5) is 5.69 Å². The molecular weight excluding hydrogens is 336 g/mol. The number of benzene rings is 1. The van der Waals surface area contributed by atoms with Gasteiger partial charge in [-0.25, -0.2) is 17.8 Å². The molecule has 10 heteroatoms. The van der Waals surface area contributed by atoms with E-state index in [4.69, 9.17) is 0 Å². The zero-order valence-electron chi connectivity index (χ0n) is 12.9. The van der Waals surface area contributed by atoms with E-state index in [1.165, 1.54) is 35.1 Å². The quantitative estimate of drug-likeness (QED) is 0.447. The Morgan fingerprint density at radius 1 is 1.33 bits per heavy atom. The fraction of sp³-hybridized carbons (Fsp3) is 0.286. The number of sulfonamides is 1. The molecule has 1 aromatic heterocycles. The van der Waals surface area contributed by atoms with Crippen LogP contribution in [0.25, 0.3) is 0 Å². The molecule has 1 N–H and O–H groups in total. The molecule has 0 unspecified atom stereocenters. The molecule has 24 heavy (non-hydrogen) atoms. The molecule has 9 nitrogen and oxygen atoms in total. The maximum atomic E-state index is 12.3. The van der Waals surface area contributed by atoms with Gasteiger partial charge in [-0.2, -0.15) is 5.10 Å². The molecule has 2 rings (SSSR count). The number of hydrogen-bond acceptors (Lipinski definition) is 6. The van der Waals surface area contributed by atoms with E-state index in [0.717, 1.165) is 6.07 Å². The summed E-state index contributed by atoms with van der Waals surface area (Å²) in [7, 11) is -3.87. The van der Waals surface area contributed by atoms with E-state index in [0.29, 0.717) is 12.0 Å². The lowest BCUT2D eigenvalue weighted by Crippen LogP contribution is -2.28. The van der Waals surface area contributed by atoms with Crippen LogP contribution in [0.2, 0.25) is 0 Å². The molecule has 0 fully saturated rings. The summed E-state index contributed by atoms with van der Waals surface area (Å²) in [6.07, 6.45) is 1.82. The molecule has 0 aliphatic rings. The van der Waals surface area contributed by atoms with Gasteiger partial charge in [-0.3, -0.25) is 14.9 Å². The zero-order valence-corrected chi connectivity index (χ0v) is 13.7. The van der Waals surface area contributed by atoms with E-state index < -0.39 is 14.9 Å². The van der Waals surface area contributed by atoms with Crippen LogP contribution in [-0.2, 0) is 16.6 Å². The second-order valence-electron chi connectivity index (χ2n) is 5.04. The Morgan fingerprint density at radius 3 is 2.75 bits per heavy atom. The van der Waals surface area contributed by atoms with Crippen molar-refractivity contribution in [2.75, 3.05) is 6.54 Å². The highest BCUT2D eigenvalue weighted by Crippen LogP contribution is 2.21. The van der Waals surface area contributed by atoms with Gasteiger partial charge in [-0.15, -0.1) is 0 Å². The maximum absolute atomic E-state index is 12.3. The number of nitro groups is 1. The minimum absolute atomic E-state index is 0.0769. The molecule has 0 spiro atoms. The smallest absolute Gasteiger partial charge is 0.268 e. The van der Waals surface area contributed by atoms with Crippen LogP contribution in [0.3, 0.4) is 0 Å². The summed E-state index contributed by atoms with van der Waals surface area (Å²) < 4.78 is 28.2. The first-order chi connectivity index (χ1) is 11.3. The van der Waals surface area contributed by atoms with Crippen LogP contribution in [-0.4, -0.2) is 29.7 Å². The summed E-state index contributed by atoms with van der Waals surface area (Å²) in [4.78, 5) is 21.5. The second kappa shape index (κ2) is 7.32. The van der Waals surface area contributed by atoms with Crippen molar-refractivity contribution in [2.45, 2.75) is 24.8 Å². The fourth-order valence-corrected chi connectivity index (χ4v) is 3.40. The standard InChI is InChI=1S/C14H16N4O5S/c1-11-5-6-12(18(20)21)10-13(11)24(22,23)16-8-3-9-17-14(19)4-2-7-15-17/h2,4-7,10,16H,3,8-9H2,1H3. The number of nitrogens with zero attached hydrogens (tertiary/aromatic N) is 3. The monoisotopic (exact) mass is 352 g/mol. The zero-order chi connectivity index (χ0) is 17.7. The van der Waals surface area contributed by atoms with Crippen LogP contribution in [0.1, 0.15) is 12.0 Å². The molecule has 0 aliphatic heterocycles. The minimum atomic E-state index is -3.87. The Hall–Kier alpha value is -2.59. The van der Waals surface area contributed by atoms with Crippen LogP contribution >= 0.6 is 0 Å². The maximum Gasteiger partial charge on any atom is 0.270 e. The Bertz CT molecular complexity index is 907. The molecule has 0 saturated heterocycles. The van der Waals surface area contributed by atoms with Gasteiger partial charge in [0.15, 0.2) is 0 Å². The lowest BCUT2D eigenvalue weighted by Gasteiger charge is -2.09. The highest BCUT2D eigenvalue weighted by molar-refractivity contribution is 7.89. The average Bonchev–Trinajstić information content (AvgIpc) is 2.53. The van der Waals surface area contributed by atoms with E-state index in [1.807, 2.05) is 0 Å². The Kier molecular flexibility index (Phi) is 5.42. The van der Waals surface area contributed by atoms with Gasteiger partial charge in [0.2, 0.25) is 10.0 Å². The molecule has 2 aromatic rings. The fourth-order valence-electron chi connectivity index (χ4n) is 2.06. The first kappa shape index (κ1) is 17.8. The number of nitro benzene ring substituents is 1. The Balaban J connectivity index is 2.04. The van der Waals surface area contributed by atoms with Crippen molar-refractivity contribution in [3.8, 4) is 0 Å². The summed E-state index contributed by atoms with van der Waals surface area (Å²) in [6.45, 7) is 1.90. The number of hydrogen-bond donors (Lipinski definition) is 1. The molecule has 0 atom stereocenters. The van der Waals surface area contributed by atoms with Crippen molar-refractivity contribution >= 4 is 15.7 Å². The molecule has 128 valence electrons. The molecule has 0 aliphatic carbocycles. The SMILES string of the molecule is Cc1ccc([N+](=O)[O-])cc1S(=O)(=O)NCCCn1ncccc1=O. The van der Waals surface area contributed by atoms with Crippen LogP contribution in [0.15, 0.2) is 46.2 Å². The molecule has 1 heterocycles. The second-order valence-corrected chi connectivity index (χ2v) is 6.78. The largest absolute Gasteiger partial charge is 0.270 e. The first-order valence-electron chi connectivity index (χ1n) is 7.08. The van der Waals surface area contributed by atoms with Crippen LogP contribution in [0.5, 0.6) is 0 Å². The third kappa shape index (κ3) is 4.24. The third-order valence-corrected chi connectivity index (χ3v) is 4.90. The van der Waals surface area contributed by atoms with E-state index in [1.54, 1.807) is 6.92 Å². The number of aryl methyl sites for hydroxylation is 2. The van der Waals surface area contributed by atoms with Crippen molar-refractivity contribution in [1.29, 1.82) is 0 Å². The van der Waals surface area contributed by atoms with Gasteiger partial charge in [0.05, 0.1) is 9.82 Å². The first-order valence-corrected chi connectivity index (χ1v) is 8.56. The normalized spacial score (nSPS) is 11.4. The van der Waals surface area contributed by atoms with Crippen molar-refractivity contribution in [1.82, 2.24) is 14.5 Å². The number of rotatable bonds is 7. The van der Waals surface area contributed by atoms with Gasteiger partial charge in [-0.05, 0) is 25.0 Å². The molecule has 0 bridgehead atoms. The molecule has 0 amide bonds. The van der Waals surface area contributed by atoms with Crippen LogP contribution in [0, 0.1) is 17.0 Å². The predicted octanol–water partition coefficient (Wildman–Crippen LogP) is 0.829. The molecule has 0 radical (unpaired) electrons. The molecule has 0 saturated carbocycles. The van der Waals surface area contributed by atoms with Crippen LogP contribution < -0.4 is 10.3 Å². The summed E-state index contributed by atoms with van der Waals surface area (Å²) in [6, 6.07) is 6.55. The Labute approximate surface area is 138 Å². The highest BCUT2D eigenvalue weighted by Gasteiger charge is 2.20. The third-order valence-electron chi connectivity index (χ3n) is 3.30.